The molecule has 7 rings (SSSR count). The molecule has 252 valence electrons. The summed E-state index contributed by atoms with van der Waals surface area (Å²) in [5, 5.41) is 4.53. The van der Waals surface area contributed by atoms with Crippen LogP contribution in [0.2, 0.25) is 0 Å². The highest BCUT2D eigenvalue weighted by Crippen LogP contribution is 2.28. The van der Waals surface area contributed by atoms with E-state index in [1.54, 1.807) is 84.9 Å². The van der Waals surface area contributed by atoms with Gasteiger partial charge in [0.2, 0.25) is 0 Å². The van der Waals surface area contributed by atoms with E-state index in [9.17, 15) is 21.6 Å². The predicted molar refractivity (Wildman–Crippen MR) is 190 cm³/mol. The van der Waals surface area contributed by atoms with E-state index in [0.29, 0.717) is 5.75 Å². The van der Waals surface area contributed by atoms with Crippen molar-refractivity contribution in [3.8, 4) is 5.75 Å². The zero-order chi connectivity index (χ0) is 35.0. The topological polar surface area (TPSA) is 153 Å². The van der Waals surface area contributed by atoms with Crippen LogP contribution >= 0.6 is 0 Å². The van der Waals surface area contributed by atoms with Gasteiger partial charge in [0, 0.05) is 37.0 Å². The molecule has 1 atom stereocenters. The number of esters is 1. The molecule has 1 unspecified atom stereocenters. The molecule has 2 N–H and O–H groups in total. The van der Waals surface area contributed by atoms with Gasteiger partial charge in [-0.05, 0) is 90.0 Å². The lowest BCUT2D eigenvalue weighted by molar-refractivity contribution is -0.131. The van der Waals surface area contributed by atoms with Gasteiger partial charge in [-0.2, -0.15) is 0 Å². The predicted octanol–water partition coefficient (Wildman–Crippen LogP) is 3.89. The summed E-state index contributed by atoms with van der Waals surface area (Å²) in [4.78, 5) is 20.0. The summed E-state index contributed by atoms with van der Waals surface area (Å²) < 4.78 is 64.4. The van der Waals surface area contributed by atoms with Crippen molar-refractivity contribution in [3.63, 3.8) is 0 Å². The van der Waals surface area contributed by atoms with Crippen LogP contribution in [0.3, 0.4) is 0 Å². The van der Waals surface area contributed by atoms with Gasteiger partial charge >= 0.3 is 5.97 Å². The van der Waals surface area contributed by atoms with Gasteiger partial charge in [0.15, 0.2) is 0 Å². The first-order valence-corrected chi connectivity index (χ1v) is 18.3. The SMILES string of the molecule is CC(=O)Oc1ccc2c(c1)/c(=C/c1ccc(S(=O)(=O)Nc3ccccn3)cc1)c1n2N(C)C(c2ccc(S(=O)(=O)Nc3ccccn3)cc2)C=1. The van der Waals surface area contributed by atoms with Crippen molar-refractivity contribution in [1.82, 2.24) is 14.6 Å². The van der Waals surface area contributed by atoms with Crippen LogP contribution in [0, 0.1) is 0 Å². The van der Waals surface area contributed by atoms with Crippen LogP contribution in [0.5, 0.6) is 5.75 Å². The average Bonchev–Trinajstić information content (AvgIpc) is 3.59. The Bertz CT molecular complexity index is 2580. The molecule has 0 saturated carbocycles. The lowest BCUT2D eigenvalue weighted by atomic mass is 10.1. The molecule has 1 aliphatic rings. The number of carbonyl (C=O) groups is 1. The maximum absolute atomic E-state index is 13.0. The van der Waals surface area contributed by atoms with Crippen LogP contribution in [0.1, 0.15) is 24.1 Å². The number of hydrogen-bond donors (Lipinski definition) is 2. The molecular formula is C36H30N6O6S2. The van der Waals surface area contributed by atoms with Crippen molar-refractivity contribution in [2.75, 3.05) is 21.5 Å². The molecule has 0 spiro atoms. The van der Waals surface area contributed by atoms with Crippen molar-refractivity contribution >= 4 is 60.7 Å². The normalized spacial score (nSPS) is 14.6. The number of aromatic nitrogens is 3. The van der Waals surface area contributed by atoms with Crippen LogP contribution in [0.15, 0.2) is 125 Å². The molecular weight excluding hydrogens is 677 g/mol. The Morgan fingerprint density at radius 3 is 1.90 bits per heavy atom. The summed E-state index contributed by atoms with van der Waals surface area (Å²) in [6.07, 6.45) is 7.03. The monoisotopic (exact) mass is 706 g/mol. The number of nitrogens with one attached hydrogen (secondary N) is 2. The zero-order valence-electron chi connectivity index (χ0n) is 26.8. The number of pyridine rings is 2. The first kappa shape index (κ1) is 32.6. The minimum Gasteiger partial charge on any atom is -0.427 e. The van der Waals surface area contributed by atoms with Crippen LogP contribution in [-0.2, 0) is 24.8 Å². The van der Waals surface area contributed by atoms with Crippen LogP contribution in [0.4, 0.5) is 11.6 Å². The van der Waals surface area contributed by atoms with Gasteiger partial charge in [-0.25, -0.2) is 26.8 Å². The maximum Gasteiger partial charge on any atom is 0.308 e. The first-order valence-electron chi connectivity index (χ1n) is 15.4. The number of ether oxygens (including phenoxy) is 1. The lowest BCUT2D eigenvalue weighted by Crippen LogP contribution is -2.35. The van der Waals surface area contributed by atoms with Crippen molar-refractivity contribution in [1.29, 1.82) is 0 Å². The molecule has 0 radical (unpaired) electrons. The van der Waals surface area contributed by atoms with Gasteiger partial charge in [0.25, 0.3) is 20.0 Å². The van der Waals surface area contributed by atoms with Gasteiger partial charge in [-0.15, -0.1) is 0 Å². The molecule has 0 amide bonds. The Morgan fingerprint density at radius 2 is 1.36 bits per heavy atom. The summed E-state index contributed by atoms with van der Waals surface area (Å²) in [5.74, 6) is 0.391. The standard InChI is InChI=1S/C36H30N6O6S2/c1-24(43)48-27-13-18-32-31(22-27)30(21-25-9-14-28(15-10-25)49(44,45)39-35-7-3-5-19-37-35)34-23-33(41(2)42(32)34)26-11-16-29(17-12-26)50(46,47)40-36-8-4-6-20-38-36/h3-23,33H,1-2H3,(H,37,39)(H,38,40)/b30-21-. The van der Waals surface area contributed by atoms with Crippen LogP contribution in [0.25, 0.3) is 23.1 Å². The third-order valence-corrected chi connectivity index (χ3v) is 10.9. The Hall–Kier alpha value is -5.99. The van der Waals surface area contributed by atoms with E-state index >= 15 is 0 Å². The second kappa shape index (κ2) is 12.8. The number of anilines is 2. The van der Waals surface area contributed by atoms with Crippen molar-refractivity contribution in [2.24, 2.45) is 0 Å². The fraction of sp³-hybridized carbons (Fsp3) is 0.0833. The lowest BCUT2D eigenvalue weighted by Gasteiger charge is -2.25. The highest BCUT2D eigenvalue weighted by Gasteiger charge is 2.26. The van der Waals surface area contributed by atoms with E-state index in [1.807, 2.05) is 28.9 Å². The fourth-order valence-corrected chi connectivity index (χ4v) is 7.88. The maximum atomic E-state index is 13.0. The summed E-state index contributed by atoms with van der Waals surface area (Å²) in [6.45, 7) is 1.34. The Kier molecular flexibility index (Phi) is 8.33. The third kappa shape index (κ3) is 6.41. The fourth-order valence-electron chi connectivity index (χ4n) is 5.87. The smallest absolute Gasteiger partial charge is 0.308 e. The minimum absolute atomic E-state index is 0.0801. The molecule has 0 fully saturated rings. The van der Waals surface area contributed by atoms with Gasteiger partial charge < -0.3 is 9.75 Å². The minimum atomic E-state index is -3.86. The van der Waals surface area contributed by atoms with Crippen molar-refractivity contribution < 1.29 is 26.4 Å². The number of carbonyl (C=O) groups excluding carboxylic acids is 1. The Balaban J connectivity index is 1.27. The highest BCUT2D eigenvalue weighted by molar-refractivity contribution is 7.93. The number of benzene rings is 3. The number of fused-ring (bicyclic) bond motifs is 3. The molecule has 0 bridgehead atoms. The largest absolute Gasteiger partial charge is 0.427 e. The van der Waals surface area contributed by atoms with Gasteiger partial charge in [-0.3, -0.25) is 18.9 Å². The molecule has 3 aromatic carbocycles. The van der Waals surface area contributed by atoms with E-state index in [4.69, 9.17) is 4.74 Å². The second-order valence-corrected chi connectivity index (χ2v) is 14.9. The molecule has 6 aromatic rings. The zero-order valence-corrected chi connectivity index (χ0v) is 28.4. The molecule has 3 aromatic heterocycles. The van der Waals surface area contributed by atoms with E-state index < -0.39 is 26.0 Å². The summed E-state index contributed by atoms with van der Waals surface area (Å²) in [6, 6.07) is 28.2. The van der Waals surface area contributed by atoms with E-state index in [0.717, 1.165) is 32.6 Å². The summed E-state index contributed by atoms with van der Waals surface area (Å²) in [7, 11) is -5.78. The van der Waals surface area contributed by atoms with Crippen molar-refractivity contribution in [3.05, 3.63) is 137 Å². The number of hydrogen-bond acceptors (Lipinski definition) is 9. The molecule has 50 heavy (non-hydrogen) atoms. The van der Waals surface area contributed by atoms with E-state index in [-0.39, 0.29) is 27.5 Å². The highest BCUT2D eigenvalue weighted by atomic mass is 32.2. The Morgan fingerprint density at radius 1 is 0.780 bits per heavy atom. The second-order valence-electron chi connectivity index (χ2n) is 11.5. The number of nitrogens with zero attached hydrogens (tertiary/aromatic N) is 4. The van der Waals surface area contributed by atoms with Gasteiger partial charge in [0.1, 0.15) is 17.4 Å². The summed E-state index contributed by atoms with van der Waals surface area (Å²) >= 11 is 0. The first-order chi connectivity index (χ1) is 24.0. The molecule has 0 aliphatic carbocycles. The Labute approximate surface area is 288 Å². The van der Waals surface area contributed by atoms with E-state index in [2.05, 4.69) is 25.5 Å². The third-order valence-electron chi connectivity index (χ3n) is 8.13. The molecule has 4 heterocycles. The average molecular weight is 707 g/mol. The van der Waals surface area contributed by atoms with Gasteiger partial charge in [-0.1, -0.05) is 36.4 Å². The van der Waals surface area contributed by atoms with Gasteiger partial charge in [0.05, 0.1) is 26.7 Å². The number of sulfonamides is 2. The molecule has 14 heteroatoms. The van der Waals surface area contributed by atoms with E-state index in [1.165, 1.54) is 31.5 Å². The van der Waals surface area contributed by atoms with Crippen LogP contribution in [-0.4, -0.2) is 44.5 Å². The summed E-state index contributed by atoms with van der Waals surface area (Å²) in [5.41, 5.74) is 2.45. The number of rotatable bonds is 9. The quantitative estimate of drug-likeness (QED) is 0.169. The molecule has 12 nitrogen and oxygen atoms in total. The van der Waals surface area contributed by atoms with Crippen molar-refractivity contribution in [2.45, 2.75) is 22.8 Å². The molecule has 0 saturated heterocycles. The molecule has 1 aliphatic heterocycles. The van der Waals surface area contributed by atoms with Crippen LogP contribution < -0.4 is 29.8 Å².